The highest BCUT2D eigenvalue weighted by molar-refractivity contribution is 7.16. The lowest BCUT2D eigenvalue weighted by atomic mass is 10.1. The number of carbonyl (C=O) groups excluding carboxylic acids is 2. The Kier molecular flexibility index (Phi) is 5.37. The van der Waals surface area contributed by atoms with Crippen LogP contribution in [0.25, 0.3) is 11.3 Å². The fourth-order valence-electron chi connectivity index (χ4n) is 3.35. The average molecular weight is 420 g/mol. The molecule has 0 aliphatic carbocycles. The number of benzene rings is 2. The maximum absolute atomic E-state index is 12.6. The minimum Gasteiger partial charge on any atom is -0.482 e. The number of nitrogens with zero attached hydrogens (tertiary/aromatic N) is 2. The van der Waals surface area contributed by atoms with E-state index in [2.05, 4.69) is 16.9 Å². The van der Waals surface area contributed by atoms with Crippen LogP contribution in [0, 0.1) is 13.8 Å². The lowest BCUT2D eigenvalue weighted by Crippen LogP contribution is -2.38. The van der Waals surface area contributed by atoms with Crippen molar-refractivity contribution >= 4 is 34.0 Å². The number of fused-ring (bicyclic) bond motifs is 1. The molecule has 1 aliphatic rings. The SMILES string of the molecule is C=CCN1C(=O)COc2ccc(-c3nc(NC(=O)c4cccc(C)c4)sc3C)cc21. The first kappa shape index (κ1) is 19.8. The Balaban J connectivity index is 1.63. The topological polar surface area (TPSA) is 71.5 Å². The van der Waals surface area contributed by atoms with E-state index in [1.54, 1.807) is 17.0 Å². The molecule has 0 bridgehead atoms. The number of aryl methyl sites for hydroxylation is 2. The fraction of sp³-hybridized carbons (Fsp3) is 0.174. The van der Waals surface area contributed by atoms with Crippen LogP contribution in [0.3, 0.4) is 0 Å². The summed E-state index contributed by atoms with van der Waals surface area (Å²) in [5.74, 6) is 0.349. The number of amides is 2. The smallest absolute Gasteiger partial charge is 0.265 e. The number of hydrogen-bond acceptors (Lipinski definition) is 5. The standard InChI is InChI=1S/C23H21N3O3S/c1-4-10-26-18-12-16(8-9-19(18)29-13-20(26)27)21-15(3)30-23(24-21)25-22(28)17-7-5-6-14(2)11-17/h4-9,11-12H,1,10,13H2,2-3H3,(H,24,25,28). The summed E-state index contributed by atoms with van der Waals surface area (Å²) in [4.78, 5) is 32.0. The molecule has 7 heteroatoms. The van der Waals surface area contributed by atoms with Crippen molar-refractivity contribution in [3.63, 3.8) is 0 Å². The van der Waals surface area contributed by atoms with Gasteiger partial charge in [-0.3, -0.25) is 14.9 Å². The van der Waals surface area contributed by atoms with Crippen LogP contribution in [-0.4, -0.2) is 29.9 Å². The first-order valence-corrected chi connectivity index (χ1v) is 10.3. The third-order valence-electron chi connectivity index (χ3n) is 4.78. The minimum absolute atomic E-state index is 0.0189. The van der Waals surface area contributed by atoms with Crippen LogP contribution in [0.5, 0.6) is 5.75 Å². The van der Waals surface area contributed by atoms with Crippen LogP contribution >= 0.6 is 11.3 Å². The van der Waals surface area contributed by atoms with Crippen LogP contribution < -0.4 is 15.0 Å². The van der Waals surface area contributed by atoms with Gasteiger partial charge >= 0.3 is 0 Å². The molecule has 6 nitrogen and oxygen atoms in total. The summed E-state index contributed by atoms with van der Waals surface area (Å²) in [6, 6.07) is 13.1. The Labute approximate surface area is 178 Å². The molecule has 2 aromatic carbocycles. The van der Waals surface area contributed by atoms with Crippen LogP contribution in [0.15, 0.2) is 55.1 Å². The molecule has 3 aromatic rings. The number of carbonyl (C=O) groups is 2. The predicted molar refractivity (Wildman–Crippen MR) is 119 cm³/mol. The van der Waals surface area contributed by atoms with Gasteiger partial charge in [-0.1, -0.05) is 23.8 Å². The normalized spacial score (nSPS) is 12.9. The van der Waals surface area contributed by atoms with Crippen molar-refractivity contribution in [3.05, 3.63) is 71.1 Å². The van der Waals surface area contributed by atoms with Crippen LogP contribution in [0.1, 0.15) is 20.8 Å². The van der Waals surface area contributed by atoms with Gasteiger partial charge in [-0.2, -0.15) is 0 Å². The quantitative estimate of drug-likeness (QED) is 0.614. The number of hydrogen-bond donors (Lipinski definition) is 1. The Morgan fingerprint density at radius 2 is 2.13 bits per heavy atom. The molecule has 4 rings (SSSR count). The van der Waals surface area contributed by atoms with Crippen molar-refractivity contribution in [2.24, 2.45) is 0 Å². The van der Waals surface area contributed by atoms with Crippen LogP contribution in [0.4, 0.5) is 10.8 Å². The van der Waals surface area contributed by atoms with Gasteiger partial charge in [0, 0.05) is 22.5 Å². The molecule has 1 aromatic heterocycles. The van der Waals surface area contributed by atoms with E-state index in [0.29, 0.717) is 28.7 Å². The Bertz CT molecular complexity index is 1150. The first-order chi connectivity index (χ1) is 14.5. The van der Waals surface area contributed by atoms with Crippen molar-refractivity contribution in [2.75, 3.05) is 23.4 Å². The van der Waals surface area contributed by atoms with Crippen molar-refractivity contribution in [2.45, 2.75) is 13.8 Å². The predicted octanol–water partition coefficient (Wildman–Crippen LogP) is 4.59. The molecule has 1 aliphatic heterocycles. The van der Waals surface area contributed by atoms with E-state index in [1.165, 1.54) is 11.3 Å². The van der Waals surface area contributed by atoms with Crippen molar-refractivity contribution in [1.29, 1.82) is 0 Å². The van der Waals surface area contributed by atoms with Crippen molar-refractivity contribution < 1.29 is 14.3 Å². The second-order valence-corrected chi connectivity index (χ2v) is 8.21. The van der Waals surface area contributed by atoms with Gasteiger partial charge in [0.2, 0.25) is 0 Å². The highest BCUT2D eigenvalue weighted by Gasteiger charge is 2.25. The highest BCUT2D eigenvalue weighted by atomic mass is 32.1. The van der Waals surface area contributed by atoms with Crippen LogP contribution in [-0.2, 0) is 4.79 Å². The van der Waals surface area contributed by atoms with E-state index in [-0.39, 0.29) is 18.4 Å². The van der Waals surface area contributed by atoms with E-state index in [4.69, 9.17) is 4.74 Å². The maximum atomic E-state index is 12.6. The zero-order valence-corrected chi connectivity index (χ0v) is 17.6. The lowest BCUT2D eigenvalue weighted by molar-refractivity contribution is -0.121. The number of ether oxygens (including phenoxy) is 1. The number of nitrogens with one attached hydrogen (secondary N) is 1. The van der Waals surface area contributed by atoms with E-state index < -0.39 is 0 Å². The second-order valence-electron chi connectivity index (χ2n) is 7.01. The number of rotatable bonds is 5. The maximum Gasteiger partial charge on any atom is 0.265 e. The summed E-state index contributed by atoms with van der Waals surface area (Å²) in [5, 5.41) is 3.41. The van der Waals surface area contributed by atoms with E-state index >= 15 is 0 Å². The molecule has 0 spiro atoms. The Hall–Kier alpha value is -3.45. The van der Waals surface area contributed by atoms with Crippen molar-refractivity contribution in [3.8, 4) is 17.0 Å². The van der Waals surface area contributed by atoms with E-state index in [0.717, 1.165) is 21.7 Å². The molecule has 2 amide bonds. The van der Waals surface area contributed by atoms with Crippen LogP contribution in [0.2, 0.25) is 0 Å². The molecule has 2 heterocycles. The van der Waals surface area contributed by atoms with Gasteiger partial charge in [0.05, 0.1) is 11.4 Å². The summed E-state index contributed by atoms with van der Waals surface area (Å²) in [5.41, 5.74) is 3.92. The zero-order chi connectivity index (χ0) is 21.3. The van der Waals surface area contributed by atoms with Gasteiger partial charge in [-0.25, -0.2) is 4.98 Å². The Morgan fingerprint density at radius 3 is 2.90 bits per heavy atom. The molecule has 1 N–H and O–H groups in total. The molecule has 0 fully saturated rings. The minimum atomic E-state index is -0.194. The molecular formula is C23H21N3O3S. The molecule has 0 unspecified atom stereocenters. The van der Waals surface area contributed by atoms with Gasteiger partial charge in [0.15, 0.2) is 11.7 Å². The van der Waals surface area contributed by atoms with Gasteiger partial charge in [0.1, 0.15) is 5.75 Å². The zero-order valence-electron chi connectivity index (χ0n) is 16.8. The van der Waals surface area contributed by atoms with Gasteiger partial charge in [-0.05, 0) is 44.2 Å². The molecule has 152 valence electrons. The first-order valence-electron chi connectivity index (χ1n) is 9.50. The Morgan fingerprint density at radius 1 is 1.30 bits per heavy atom. The second kappa shape index (κ2) is 8.12. The molecule has 0 atom stereocenters. The van der Waals surface area contributed by atoms with E-state index in [1.807, 2.05) is 50.2 Å². The summed E-state index contributed by atoms with van der Waals surface area (Å²) >= 11 is 1.41. The molecule has 0 saturated carbocycles. The largest absolute Gasteiger partial charge is 0.482 e. The third-order valence-corrected chi connectivity index (χ3v) is 5.67. The van der Waals surface area contributed by atoms with Crippen molar-refractivity contribution in [1.82, 2.24) is 4.98 Å². The van der Waals surface area contributed by atoms with Gasteiger partial charge in [0.25, 0.3) is 11.8 Å². The molecule has 0 radical (unpaired) electrons. The van der Waals surface area contributed by atoms with E-state index in [9.17, 15) is 9.59 Å². The summed E-state index contributed by atoms with van der Waals surface area (Å²) in [6.07, 6.45) is 1.69. The van der Waals surface area contributed by atoms with Gasteiger partial charge < -0.3 is 9.64 Å². The number of thiazole rings is 1. The third kappa shape index (κ3) is 3.84. The summed E-state index contributed by atoms with van der Waals surface area (Å²) in [7, 11) is 0. The lowest BCUT2D eigenvalue weighted by Gasteiger charge is -2.28. The van der Waals surface area contributed by atoms with Gasteiger partial charge in [-0.15, -0.1) is 17.9 Å². The fourth-order valence-corrected chi connectivity index (χ4v) is 4.18. The molecule has 30 heavy (non-hydrogen) atoms. The number of aromatic nitrogens is 1. The highest BCUT2D eigenvalue weighted by Crippen LogP contribution is 2.38. The molecular weight excluding hydrogens is 398 g/mol. The average Bonchev–Trinajstić information content (AvgIpc) is 3.09. The monoisotopic (exact) mass is 419 g/mol. The summed E-state index contributed by atoms with van der Waals surface area (Å²) in [6.45, 7) is 8.06. The number of anilines is 2. The molecule has 0 saturated heterocycles. The summed E-state index contributed by atoms with van der Waals surface area (Å²) < 4.78 is 5.55.